The Hall–Kier alpha value is -1.37. The second-order valence-corrected chi connectivity index (χ2v) is 4.86. The van der Waals surface area contributed by atoms with Gasteiger partial charge in [-0.25, -0.2) is 4.79 Å². The molecule has 0 saturated heterocycles. The van der Waals surface area contributed by atoms with Crippen LogP contribution in [0.25, 0.3) is 0 Å². The molecule has 19 heavy (non-hydrogen) atoms. The molecule has 0 amide bonds. The summed E-state index contributed by atoms with van der Waals surface area (Å²) in [7, 11) is -3.35. The van der Waals surface area contributed by atoms with Gasteiger partial charge < -0.3 is 24.4 Å². The topological polar surface area (TPSA) is 109 Å². The molecule has 0 aromatic carbocycles. The molecule has 8 nitrogen and oxygen atoms in total. The van der Waals surface area contributed by atoms with Crippen LogP contribution >= 0.6 is 7.60 Å². The smallest absolute Gasteiger partial charge is 0.377 e. The zero-order chi connectivity index (χ0) is 14.7. The summed E-state index contributed by atoms with van der Waals surface area (Å²) in [4.78, 5) is 15.7. The van der Waals surface area contributed by atoms with E-state index in [0.717, 1.165) is 12.1 Å². The summed E-state index contributed by atoms with van der Waals surface area (Å²) in [5.74, 6) is -0.162. The lowest BCUT2D eigenvalue weighted by molar-refractivity contribution is -0.135. The molecule has 0 aliphatic rings. The van der Waals surface area contributed by atoms with Gasteiger partial charge in [0, 0.05) is 0 Å². The van der Waals surface area contributed by atoms with Crippen molar-refractivity contribution in [2.45, 2.75) is 20.8 Å². The van der Waals surface area contributed by atoms with Crippen molar-refractivity contribution < 1.29 is 28.0 Å². The van der Waals surface area contributed by atoms with Crippen LogP contribution in [0, 0.1) is 0 Å². The first-order valence-corrected chi connectivity index (χ1v) is 7.33. The summed E-state index contributed by atoms with van der Waals surface area (Å²) in [6, 6.07) is 0. The Bertz CT molecular complexity index is 372. The largest absolute Gasteiger partial charge is 0.460 e. The number of rotatable bonds is 8. The Morgan fingerprint density at radius 1 is 1.21 bits per heavy atom. The third-order valence-electron chi connectivity index (χ3n) is 1.56. The maximum atomic E-state index is 11.9. The minimum absolute atomic E-state index is 0.175. The van der Waals surface area contributed by atoms with Crippen molar-refractivity contribution in [3.05, 3.63) is 12.1 Å². The SMILES string of the molecule is CCOC(=O)/C(N)=N\O/C=C\P(=O)(OCC)OCC. The third kappa shape index (κ3) is 7.61. The number of ether oxygens (including phenoxy) is 1. The first-order valence-electron chi connectivity index (χ1n) is 5.72. The Labute approximate surface area is 112 Å². The predicted octanol–water partition coefficient (Wildman–Crippen LogP) is 1.58. The van der Waals surface area contributed by atoms with Crippen molar-refractivity contribution in [2.24, 2.45) is 10.9 Å². The third-order valence-corrected chi connectivity index (χ3v) is 3.28. The number of amidine groups is 1. The lowest BCUT2D eigenvalue weighted by Crippen LogP contribution is -2.26. The van der Waals surface area contributed by atoms with Crippen molar-refractivity contribution in [1.82, 2.24) is 0 Å². The highest BCUT2D eigenvalue weighted by Gasteiger charge is 2.19. The molecular formula is C10H19N2O6P. The van der Waals surface area contributed by atoms with Crippen molar-refractivity contribution in [3.63, 3.8) is 0 Å². The van der Waals surface area contributed by atoms with Gasteiger partial charge in [-0.1, -0.05) is 5.16 Å². The van der Waals surface area contributed by atoms with E-state index in [1.165, 1.54) is 0 Å². The molecule has 0 fully saturated rings. The second-order valence-electron chi connectivity index (χ2n) is 2.96. The monoisotopic (exact) mass is 294 g/mol. The number of esters is 1. The van der Waals surface area contributed by atoms with Crippen molar-refractivity contribution >= 4 is 19.4 Å². The van der Waals surface area contributed by atoms with Crippen LogP contribution in [0.15, 0.2) is 17.2 Å². The van der Waals surface area contributed by atoms with Gasteiger partial charge in [0.15, 0.2) is 0 Å². The van der Waals surface area contributed by atoms with E-state index in [0.29, 0.717) is 0 Å². The van der Waals surface area contributed by atoms with E-state index in [1.54, 1.807) is 20.8 Å². The van der Waals surface area contributed by atoms with Gasteiger partial charge in [0.05, 0.1) is 25.6 Å². The van der Waals surface area contributed by atoms with Crippen LogP contribution < -0.4 is 5.73 Å². The van der Waals surface area contributed by atoms with Gasteiger partial charge in [-0.05, 0) is 20.8 Å². The highest BCUT2D eigenvalue weighted by molar-refractivity contribution is 7.57. The van der Waals surface area contributed by atoms with E-state index in [1.807, 2.05) is 0 Å². The van der Waals surface area contributed by atoms with Gasteiger partial charge in [-0.15, -0.1) is 0 Å². The molecule has 2 N–H and O–H groups in total. The molecule has 0 spiro atoms. The Morgan fingerprint density at radius 3 is 2.26 bits per heavy atom. The van der Waals surface area contributed by atoms with Gasteiger partial charge >= 0.3 is 13.6 Å². The quantitative estimate of drug-likeness (QED) is 0.181. The molecule has 0 rings (SSSR count). The highest BCUT2D eigenvalue weighted by Crippen LogP contribution is 2.49. The molecule has 0 aliphatic carbocycles. The molecule has 0 heterocycles. The number of nitrogens with zero attached hydrogens (tertiary/aromatic N) is 1. The summed E-state index contributed by atoms with van der Waals surface area (Å²) < 4.78 is 26.4. The zero-order valence-corrected chi connectivity index (χ0v) is 12.1. The molecule has 0 aromatic rings. The van der Waals surface area contributed by atoms with Crippen LogP contribution in [0.2, 0.25) is 0 Å². The molecule has 0 radical (unpaired) electrons. The Balaban J connectivity index is 4.44. The maximum Gasteiger partial charge on any atom is 0.377 e. The highest BCUT2D eigenvalue weighted by atomic mass is 31.2. The average Bonchev–Trinajstić information content (AvgIpc) is 2.35. The fourth-order valence-corrected chi connectivity index (χ4v) is 2.08. The molecule has 110 valence electrons. The molecule has 9 heteroatoms. The minimum atomic E-state index is -3.35. The van der Waals surface area contributed by atoms with Crippen LogP contribution in [0.5, 0.6) is 0 Å². The van der Waals surface area contributed by atoms with Crippen molar-refractivity contribution in [2.75, 3.05) is 19.8 Å². The van der Waals surface area contributed by atoms with Crippen LogP contribution in [-0.4, -0.2) is 31.6 Å². The maximum absolute atomic E-state index is 11.9. The Morgan fingerprint density at radius 2 is 1.79 bits per heavy atom. The molecule has 0 aromatic heterocycles. The predicted molar refractivity (Wildman–Crippen MR) is 69.3 cm³/mol. The number of nitrogens with two attached hydrogens (primary N) is 1. The molecule has 0 bridgehead atoms. The number of carbonyl (C=O) groups is 1. The van der Waals surface area contributed by atoms with E-state index in [2.05, 4.69) is 14.7 Å². The van der Waals surface area contributed by atoms with E-state index >= 15 is 0 Å². The second kappa shape index (κ2) is 9.55. The fraction of sp³-hybridized carbons (Fsp3) is 0.600. The first kappa shape index (κ1) is 17.6. The van der Waals surface area contributed by atoms with E-state index < -0.39 is 19.4 Å². The van der Waals surface area contributed by atoms with Gasteiger partial charge in [0.25, 0.3) is 0 Å². The minimum Gasteiger partial charge on any atom is -0.460 e. The molecular weight excluding hydrogens is 275 g/mol. The fourth-order valence-electron chi connectivity index (χ4n) is 0.914. The summed E-state index contributed by atoms with van der Waals surface area (Å²) in [5.41, 5.74) is 5.26. The standard InChI is InChI=1S/C10H19N2O6P/c1-4-15-10(13)9(11)12-16-7-8-19(14,17-5-2)18-6-3/h7-8H,4-6H2,1-3H3,(H2,11,12)/b8-7-. The van der Waals surface area contributed by atoms with E-state index in [9.17, 15) is 9.36 Å². The van der Waals surface area contributed by atoms with Gasteiger partial charge in [0.2, 0.25) is 5.84 Å². The lowest BCUT2D eigenvalue weighted by atomic mass is 10.6. The first-order chi connectivity index (χ1) is 8.99. The van der Waals surface area contributed by atoms with Crippen LogP contribution in [0.4, 0.5) is 0 Å². The number of hydrogen-bond acceptors (Lipinski definition) is 7. The summed E-state index contributed by atoms with van der Waals surface area (Å²) in [6.07, 6.45) is 0.970. The van der Waals surface area contributed by atoms with Crippen molar-refractivity contribution in [3.8, 4) is 0 Å². The number of hydrogen-bond donors (Lipinski definition) is 1. The summed E-state index contributed by atoms with van der Waals surface area (Å²) >= 11 is 0. The normalized spacial score (nSPS) is 12.7. The Kier molecular flexibility index (Phi) is 8.86. The number of oxime groups is 1. The summed E-state index contributed by atoms with van der Waals surface area (Å²) in [6.45, 7) is 5.60. The zero-order valence-electron chi connectivity index (χ0n) is 11.2. The van der Waals surface area contributed by atoms with E-state index in [4.69, 9.17) is 14.8 Å². The number of carbonyl (C=O) groups excluding carboxylic acids is 1. The van der Waals surface area contributed by atoms with Crippen LogP contribution in [0.3, 0.4) is 0 Å². The van der Waals surface area contributed by atoms with Crippen molar-refractivity contribution in [1.29, 1.82) is 0 Å². The molecule has 0 unspecified atom stereocenters. The molecule has 0 atom stereocenters. The summed E-state index contributed by atoms with van der Waals surface area (Å²) in [5, 5.41) is 3.27. The molecule has 0 aliphatic heterocycles. The van der Waals surface area contributed by atoms with Crippen LogP contribution in [0.1, 0.15) is 20.8 Å². The molecule has 0 saturated carbocycles. The van der Waals surface area contributed by atoms with E-state index in [-0.39, 0.29) is 19.8 Å². The van der Waals surface area contributed by atoms with Crippen LogP contribution in [-0.2, 0) is 28.0 Å². The lowest BCUT2D eigenvalue weighted by Gasteiger charge is -2.11. The van der Waals surface area contributed by atoms with Gasteiger partial charge in [-0.2, -0.15) is 0 Å². The van der Waals surface area contributed by atoms with Gasteiger partial charge in [0.1, 0.15) is 6.26 Å². The van der Waals surface area contributed by atoms with Gasteiger partial charge in [-0.3, -0.25) is 4.57 Å². The average molecular weight is 294 g/mol.